The highest BCUT2D eigenvalue weighted by Crippen LogP contribution is 2.34. The van der Waals surface area contributed by atoms with Gasteiger partial charge >= 0.3 is 0 Å². The van der Waals surface area contributed by atoms with Crippen molar-refractivity contribution in [2.75, 3.05) is 6.54 Å². The van der Waals surface area contributed by atoms with Gasteiger partial charge in [0.05, 0.1) is 24.3 Å². The molecule has 2 N–H and O–H groups in total. The van der Waals surface area contributed by atoms with E-state index in [1.54, 1.807) is 18.5 Å². The highest BCUT2D eigenvalue weighted by Gasteiger charge is 2.32. The molecule has 2 aromatic rings. The Kier molecular flexibility index (Phi) is 4.00. The monoisotopic (exact) mass is 325 g/mol. The molecule has 1 aliphatic carbocycles. The van der Waals surface area contributed by atoms with Crippen molar-refractivity contribution in [2.24, 2.45) is 5.92 Å². The van der Waals surface area contributed by atoms with Gasteiger partial charge in [0.2, 0.25) is 5.91 Å². The number of aromatic amines is 1. The SMILES string of the molecule is O=C(CC1CCCC1)N1Cc2[nH]cnc2C(c2cccc(O)c2)C1. The number of aromatic hydroxyl groups is 1. The first-order valence-electron chi connectivity index (χ1n) is 8.79. The summed E-state index contributed by atoms with van der Waals surface area (Å²) in [6.45, 7) is 1.24. The third kappa shape index (κ3) is 2.90. The number of rotatable bonds is 3. The van der Waals surface area contributed by atoms with Crippen LogP contribution in [0.5, 0.6) is 5.75 Å². The van der Waals surface area contributed by atoms with Gasteiger partial charge in [-0.05, 0) is 36.5 Å². The van der Waals surface area contributed by atoms with Crippen molar-refractivity contribution in [3.8, 4) is 5.75 Å². The summed E-state index contributed by atoms with van der Waals surface area (Å²) in [6.07, 6.45) is 7.25. The highest BCUT2D eigenvalue weighted by molar-refractivity contribution is 5.77. The molecule has 1 saturated carbocycles. The van der Waals surface area contributed by atoms with E-state index in [1.165, 1.54) is 25.7 Å². The first kappa shape index (κ1) is 15.2. The molecule has 4 rings (SSSR count). The van der Waals surface area contributed by atoms with Gasteiger partial charge in [-0.1, -0.05) is 25.0 Å². The van der Waals surface area contributed by atoms with Gasteiger partial charge in [-0.25, -0.2) is 4.98 Å². The van der Waals surface area contributed by atoms with Gasteiger partial charge in [-0.2, -0.15) is 0 Å². The third-order valence-corrected chi connectivity index (χ3v) is 5.40. The maximum Gasteiger partial charge on any atom is 0.223 e. The Balaban J connectivity index is 1.57. The minimum absolute atomic E-state index is 0.0135. The van der Waals surface area contributed by atoms with Gasteiger partial charge in [-0.3, -0.25) is 4.79 Å². The summed E-state index contributed by atoms with van der Waals surface area (Å²) >= 11 is 0. The minimum atomic E-state index is 0.0135. The Hall–Kier alpha value is -2.30. The number of nitrogens with zero attached hydrogens (tertiary/aromatic N) is 2. The molecule has 0 bridgehead atoms. The number of hydrogen-bond donors (Lipinski definition) is 2. The molecule has 0 radical (unpaired) electrons. The molecule has 24 heavy (non-hydrogen) atoms. The number of amides is 1. The van der Waals surface area contributed by atoms with Gasteiger partial charge in [0.15, 0.2) is 0 Å². The standard InChI is InChI=1S/C19H23N3O2/c23-15-7-3-6-14(9-15)16-10-22(11-17-19(16)21-12-20-17)18(24)8-13-4-1-2-5-13/h3,6-7,9,12-13,16,23H,1-2,4-5,8,10-11H2,(H,20,21). The Morgan fingerprint density at radius 3 is 2.96 bits per heavy atom. The van der Waals surface area contributed by atoms with Crippen LogP contribution in [0.1, 0.15) is 55.0 Å². The second-order valence-electron chi connectivity index (χ2n) is 7.04. The number of nitrogens with one attached hydrogen (secondary N) is 1. The Bertz CT molecular complexity index is 734. The molecular weight excluding hydrogens is 302 g/mol. The molecule has 1 aromatic heterocycles. The quantitative estimate of drug-likeness (QED) is 0.910. The van der Waals surface area contributed by atoms with Crippen molar-refractivity contribution >= 4 is 5.91 Å². The van der Waals surface area contributed by atoms with Crippen molar-refractivity contribution in [3.63, 3.8) is 0 Å². The van der Waals surface area contributed by atoms with Crippen LogP contribution in [0, 0.1) is 5.92 Å². The molecule has 2 aliphatic rings. The lowest BCUT2D eigenvalue weighted by Crippen LogP contribution is -2.39. The van der Waals surface area contributed by atoms with E-state index in [4.69, 9.17) is 0 Å². The van der Waals surface area contributed by atoms with E-state index in [0.717, 1.165) is 17.0 Å². The van der Waals surface area contributed by atoms with E-state index in [-0.39, 0.29) is 17.6 Å². The molecule has 0 saturated heterocycles. The fourth-order valence-corrected chi connectivity index (χ4v) is 4.11. The lowest BCUT2D eigenvalue weighted by molar-refractivity contribution is -0.133. The number of hydrogen-bond acceptors (Lipinski definition) is 3. The van der Waals surface area contributed by atoms with Crippen LogP contribution in [-0.2, 0) is 11.3 Å². The van der Waals surface area contributed by atoms with Gasteiger partial charge in [-0.15, -0.1) is 0 Å². The van der Waals surface area contributed by atoms with Crippen LogP contribution in [0.25, 0.3) is 0 Å². The zero-order valence-electron chi connectivity index (χ0n) is 13.7. The van der Waals surface area contributed by atoms with E-state index in [1.807, 2.05) is 17.0 Å². The van der Waals surface area contributed by atoms with Crippen LogP contribution in [0.2, 0.25) is 0 Å². The van der Waals surface area contributed by atoms with Gasteiger partial charge < -0.3 is 15.0 Å². The summed E-state index contributed by atoms with van der Waals surface area (Å²) in [5.74, 6) is 1.06. The first-order chi connectivity index (χ1) is 11.7. The predicted molar refractivity (Wildman–Crippen MR) is 90.5 cm³/mol. The van der Waals surface area contributed by atoms with Gasteiger partial charge in [0.1, 0.15) is 5.75 Å². The predicted octanol–water partition coefficient (Wildman–Crippen LogP) is 3.17. The molecule has 126 valence electrons. The van der Waals surface area contributed by atoms with Crippen LogP contribution in [-0.4, -0.2) is 32.4 Å². The molecule has 1 aromatic carbocycles. The van der Waals surface area contributed by atoms with E-state index in [9.17, 15) is 9.90 Å². The zero-order valence-corrected chi connectivity index (χ0v) is 13.7. The number of phenolic OH excluding ortho intramolecular Hbond substituents is 1. The topological polar surface area (TPSA) is 69.2 Å². The molecule has 1 aliphatic heterocycles. The molecule has 1 amide bonds. The zero-order chi connectivity index (χ0) is 16.5. The molecule has 5 nitrogen and oxygen atoms in total. The molecular formula is C19H23N3O2. The van der Waals surface area contributed by atoms with E-state index < -0.39 is 0 Å². The third-order valence-electron chi connectivity index (χ3n) is 5.40. The number of H-pyrrole nitrogens is 1. The van der Waals surface area contributed by atoms with Crippen molar-refractivity contribution in [3.05, 3.63) is 47.5 Å². The van der Waals surface area contributed by atoms with Crippen molar-refractivity contribution in [1.29, 1.82) is 0 Å². The largest absolute Gasteiger partial charge is 0.508 e. The summed E-state index contributed by atoms with van der Waals surface area (Å²) in [5, 5.41) is 9.80. The molecule has 1 fully saturated rings. The fourth-order valence-electron chi connectivity index (χ4n) is 4.11. The maximum absolute atomic E-state index is 12.8. The van der Waals surface area contributed by atoms with E-state index >= 15 is 0 Å². The normalized spacial score (nSPS) is 21.0. The second-order valence-corrected chi connectivity index (χ2v) is 7.04. The molecule has 5 heteroatoms. The first-order valence-corrected chi connectivity index (χ1v) is 8.79. The molecule has 1 unspecified atom stereocenters. The Morgan fingerprint density at radius 2 is 2.17 bits per heavy atom. The van der Waals surface area contributed by atoms with Crippen molar-refractivity contribution in [1.82, 2.24) is 14.9 Å². The number of aromatic nitrogens is 2. The number of imidazole rings is 1. The van der Waals surface area contributed by atoms with Crippen LogP contribution in [0.15, 0.2) is 30.6 Å². The van der Waals surface area contributed by atoms with E-state index in [0.29, 0.717) is 25.4 Å². The Labute approximate surface area is 141 Å². The number of carbonyl (C=O) groups is 1. The summed E-state index contributed by atoms with van der Waals surface area (Å²) in [4.78, 5) is 22.4. The number of fused-ring (bicyclic) bond motifs is 1. The highest BCUT2D eigenvalue weighted by atomic mass is 16.3. The fraction of sp³-hybridized carbons (Fsp3) is 0.474. The number of benzene rings is 1. The molecule has 1 atom stereocenters. The summed E-state index contributed by atoms with van der Waals surface area (Å²) < 4.78 is 0. The lowest BCUT2D eigenvalue weighted by Gasteiger charge is -2.33. The second kappa shape index (κ2) is 6.30. The van der Waals surface area contributed by atoms with E-state index in [2.05, 4.69) is 9.97 Å². The average molecular weight is 325 g/mol. The van der Waals surface area contributed by atoms with Crippen LogP contribution >= 0.6 is 0 Å². The van der Waals surface area contributed by atoms with Gasteiger partial charge in [0, 0.05) is 18.9 Å². The average Bonchev–Trinajstić information content (AvgIpc) is 3.24. The number of carbonyl (C=O) groups excluding carboxylic acids is 1. The summed E-state index contributed by atoms with van der Waals surface area (Å²) in [5.41, 5.74) is 3.00. The smallest absolute Gasteiger partial charge is 0.223 e. The summed E-state index contributed by atoms with van der Waals surface area (Å²) in [6, 6.07) is 7.28. The minimum Gasteiger partial charge on any atom is -0.508 e. The maximum atomic E-state index is 12.8. The molecule has 2 heterocycles. The Morgan fingerprint density at radius 1 is 1.33 bits per heavy atom. The lowest BCUT2D eigenvalue weighted by atomic mass is 9.90. The summed E-state index contributed by atoms with van der Waals surface area (Å²) in [7, 11) is 0. The molecule has 0 spiro atoms. The van der Waals surface area contributed by atoms with Crippen LogP contribution < -0.4 is 0 Å². The van der Waals surface area contributed by atoms with Crippen molar-refractivity contribution < 1.29 is 9.90 Å². The van der Waals surface area contributed by atoms with Crippen LogP contribution in [0.3, 0.4) is 0 Å². The van der Waals surface area contributed by atoms with Gasteiger partial charge in [0.25, 0.3) is 0 Å². The number of phenols is 1. The van der Waals surface area contributed by atoms with Crippen molar-refractivity contribution in [2.45, 2.75) is 44.6 Å². The van der Waals surface area contributed by atoms with Crippen LogP contribution in [0.4, 0.5) is 0 Å².